The molecular weight excluding hydrogens is 150 g/mol. The Bertz CT molecular complexity index is 301. The molecule has 0 aromatic heterocycles. The van der Waals surface area contributed by atoms with Crippen LogP contribution in [0.1, 0.15) is 18.0 Å². The molecule has 1 aromatic carbocycles. The van der Waals surface area contributed by atoms with Crippen LogP contribution in [0.2, 0.25) is 0 Å². The van der Waals surface area contributed by atoms with Crippen molar-refractivity contribution in [2.24, 2.45) is 5.73 Å². The molecule has 4 N–H and O–H groups in total. The first-order chi connectivity index (χ1) is 5.74. The van der Waals surface area contributed by atoms with E-state index in [1.165, 1.54) is 0 Å². The summed E-state index contributed by atoms with van der Waals surface area (Å²) in [7, 11) is 0. The molecule has 0 spiro atoms. The van der Waals surface area contributed by atoms with Gasteiger partial charge in [0.05, 0.1) is 12.5 Å². The van der Waals surface area contributed by atoms with Crippen LogP contribution in [0.5, 0.6) is 0 Å². The summed E-state index contributed by atoms with van der Waals surface area (Å²) >= 11 is 0. The van der Waals surface area contributed by atoms with E-state index in [9.17, 15) is 0 Å². The Kier molecular flexibility index (Phi) is 2.67. The average Bonchev–Trinajstić information content (AvgIpc) is 2.05. The number of nitrogens with two attached hydrogens (primary N) is 2. The minimum absolute atomic E-state index is 0.224. The van der Waals surface area contributed by atoms with Gasteiger partial charge < -0.3 is 11.5 Å². The van der Waals surface area contributed by atoms with Gasteiger partial charge in [0.2, 0.25) is 0 Å². The van der Waals surface area contributed by atoms with E-state index in [1.54, 1.807) is 12.1 Å². The Hall–Kier alpha value is -1.53. The van der Waals surface area contributed by atoms with E-state index in [1.807, 2.05) is 18.2 Å². The minimum atomic E-state index is -0.224. The zero-order valence-corrected chi connectivity index (χ0v) is 6.70. The van der Waals surface area contributed by atoms with Gasteiger partial charge in [-0.25, -0.2) is 0 Å². The van der Waals surface area contributed by atoms with Crippen molar-refractivity contribution in [3.8, 4) is 6.07 Å². The lowest BCUT2D eigenvalue weighted by Crippen LogP contribution is -2.09. The van der Waals surface area contributed by atoms with Crippen molar-refractivity contribution >= 4 is 5.69 Å². The predicted octanol–water partition coefficient (Wildman–Crippen LogP) is 1.18. The standard InChI is InChI=1S/C9H11N3/c10-5-4-9(12)7-2-1-3-8(11)6-7/h1-3,6,9H,4,11-12H2/t9-/m0/s1. The Morgan fingerprint density at radius 2 is 2.25 bits per heavy atom. The van der Waals surface area contributed by atoms with E-state index in [2.05, 4.69) is 0 Å². The lowest BCUT2D eigenvalue weighted by atomic mass is 10.1. The molecule has 1 rings (SSSR count). The number of benzene rings is 1. The highest BCUT2D eigenvalue weighted by Gasteiger charge is 2.03. The number of nitrogens with zero attached hydrogens (tertiary/aromatic N) is 1. The summed E-state index contributed by atoms with van der Waals surface area (Å²) in [5.41, 5.74) is 12.8. The van der Waals surface area contributed by atoms with Gasteiger partial charge >= 0.3 is 0 Å². The quantitative estimate of drug-likeness (QED) is 0.639. The third kappa shape index (κ3) is 1.97. The molecule has 0 amide bonds. The normalized spacial score (nSPS) is 12.0. The fourth-order valence-electron chi connectivity index (χ4n) is 1.01. The van der Waals surface area contributed by atoms with E-state index in [0.29, 0.717) is 12.1 Å². The fourth-order valence-corrected chi connectivity index (χ4v) is 1.01. The van der Waals surface area contributed by atoms with Gasteiger partial charge in [0.1, 0.15) is 0 Å². The van der Waals surface area contributed by atoms with E-state index in [0.717, 1.165) is 5.56 Å². The first kappa shape index (κ1) is 8.57. The monoisotopic (exact) mass is 161 g/mol. The summed E-state index contributed by atoms with van der Waals surface area (Å²) < 4.78 is 0. The molecule has 0 saturated carbocycles. The van der Waals surface area contributed by atoms with Gasteiger partial charge in [-0.3, -0.25) is 0 Å². The number of nitrogen functional groups attached to an aromatic ring is 1. The average molecular weight is 161 g/mol. The molecule has 0 aliphatic heterocycles. The van der Waals surface area contributed by atoms with Crippen molar-refractivity contribution in [1.29, 1.82) is 5.26 Å². The summed E-state index contributed by atoms with van der Waals surface area (Å²) in [5, 5.41) is 8.41. The molecule has 62 valence electrons. The Balaban J connectivity index is 2.82. The number of anilines is 1. The molecule has 0 heterocycles. The van der Waals surface area contributed by atoms with Gasteiger partial charge in [-0.15, -0.1) is 0 Å². The van der Waals surface area contributed by atoms with Crippen LogP contribution in [-0.4, -0.2) is 0 Å². The van der Waals surface area contributed by atoms with Crippen molar-refractivity contribution in [2.75, 3.05) is 5.73 Å². The molecule has 3 nitrogen and oxygen atoms in total. The van der Waals surface area contributed by atoms with Crippen molar-refractivity contribution < 1.29 is 0 Å². The van der Waals surface area contributed by atoms with Crippen LogP contribution in [0.15, 0.2) is 24.3 Å². The summed E-state index contributed by atoms with van der Waals surface area (Å²) in [5.74, 6) is 0. The zero-order valence-electron chi connectivity index (χ0n) is 6.70. The maximum atomic E-state index is 8.41. The topological polar surface area (TPSA) is 75.8 Å². The molecule has 0 fully saturated rings. The lowest BCUT2D eigenvalue weighted by molar-refractivity contribution is 0.749. The summed E-state index contributed by atoms with van der Waals surface area (Å²) in [6.45, 7) is 0. The van der Waals surface area contributed by atoms with Gasteiger partial charge in [-0.2, -0.15) is 5.26 Å². The second kappa shape index (κ2) is 3.74. The van der Waals surface area contributed by atoms with E-state index < -0.39 is 0 Å². The maximum absolute atomic E-state index is 8.41. The highest BCUT2D eigenvalue weighted by molar-refractivity contribution is 5.41. The van der Waals surface area contributed by atoms with Crippen molar-refractivity contribution in [3.63, 3.8) is 0 Å². The molecule has 0 saturated heterocycles. The van der Waals surface area contributed by atoms with E-state index in [4.69, 9.17) is 16.7 Å². The summed E-state index contributed by atoms with van der Waals surface area (Å²) in [6, 6.07) is 9.09. The first-order valence-corrected chi connectivity index (χ1v) is 3.72. The van der Waals surface area contributed by atoms with Crippen LogP contribution in [-0.2, 0) is 0 Å². The van der Waals surface area contributed by atoms with Crippen LogP contribution in [0, 0.1) is 11.3 Å². The van der Waals surface area contributed by atoms with Crippen LogP contribution in [0.25, 0.3) is 0 Å². The largest absolute Gasteiger partial charge is 0.399 e. The van der Waals surface area contributed by atoms with Crippen molar-refractivity contribution in [2.45, 2.75) is 12.5 Å². The number of hydrogen-bond acceptors (Lipinski definition) is 3. The summed E-state index contributed by atoms with van der Waals surface area (Å²) in [4.78, 5) is 0. The SMILES string of the molecule is N#CC[C@H](N)c1cccc(N)c1. The van der Waals surface area contributed by atoms with Gasteiger partial charge in [-0.1, -0.05) is 12.1 Å². The third-order valence-electron chi connectivity index (χ3n) is 1.65. The number of hydrogen-bond donors (Lipinski definition) is 2. The molecule has 0 bridgehead atoms. The molecule has 0 aliphatic carbocycles. The maximum Gasteiger partial charge on any atom is 0.0641 e. The third-order valence-corrected chi connectivity index (χ3v) is 1.65. The Morgan fingerprint density at radius 3 is 2.83 bits per heavy atom. The Morgan fingerprint density at radius 1 is 1.50 bits per heavy atom. The number of rotatable bonds is 2. The molecule has 3 heteroatoms. The molecule has 12 heavy (non-hydrogen) atoms. The van der Waals surface area contributed by atoms with Crippen LogP contribution >= 0.6 is 0 Å². The highest BCUT2D eigenvalue weighted by Crippen LogP contribution is 2.15. The van der Waals surface area contributed by atoms with Crippen LogP contribution < -0.4 is 11.5 Å². The molecule has 0 aliphatic rings. The van der Waals surface area contributed by atoms with E-state index in [-0.39, 0.29) is 6.04 Å². The Labute approximate surface area is 71.6 Å². The van der Waals surface area contributed by atoms with Gasteiger partial charge in [0, 0.05) is 11.7 Å². The molecule has 1 aromatic rings. The fraction of sp³-hybridized carbons (Fsp3) is 0.222. The smallest absolute Gasteiger partial charge is 0.0641 e. The highest BCUT2D eigenvalue weighted by atomic mass is 14.6. The molecule has 0 radical (unpaired) electrons. The minimum Gasteiger partial charge on any atom is -0.399 e. The van der Waals surface area contributed by atoms with Gasteiger partial charge in [0.15, 0.2) is 0 Å². The lowest BCUT2D eigenvalue weighted by Gasteiger charge is -2.07. The van der Waals surface area contributed by atoms with Crippen molar-refractivity contribution in [1.82, 2.24) is 0 Å². The van der Waals surface area contributed by atoms with Gasteiger partial charge in [0.25, 0.3) is 0 Å². The van der Waals surface area contributed by atoms with Crippen LogP contribution in [0.3, 0.4) is 0 Å². The predicted molar refractivity (Wildman–Crippen MR) is 48.0 cm³/mol. The first-order valence-electron chi connectivity index (χ1n) is 3.72. The second-order valence-electron chi connectivity index (χ2n) is 2.64. The number of nitriles is 1. The molecule has 0 unspecified atom stereocenters. The molecule has 1 atom stereocenters. The van der Waals surface area contributed by atoms with Crippen molar-refractivity contribution in [3.05, 3.63) is 29.8 Å². The van der Waals surface area contributed by atoms with Crippen LogP contribution in [0.4, 0.5) is 5.69 Å². The molecular formula is C9H11N3. The van der Waals surface area contributed by atoms with Gasteiger partial charge in [-0.05, 0) is 17.7 Å². The summed E-state index contributed by atoms with van der Waals surface area (Å²) in [6.07, 6.45) is 0.323. The second-order valence-corrected chi connectivity index (χ2v) is 2.64. The van der Waals surface area contributed by atoms with E-state index >= 15 is 0 Å². The zero-order chi connectivity index (χ0) is 8.97.